The van der Waals surface area contributed by atoms with Gasteiger partial charge in [-0.2, -0.15) is 0 Å². The molecule has 0 N–H and O–H groups in total. The third-order valence-corrected chi connectivity index (χ3v) is 10.5. The second kappa shape index (κ2) is 57.1. The van der Waals surface area contributed by atoms with Crippen LogP contribution in [0.1, 0.15) is 188 Å². The summed E-state index contributed by atoms with van der Waals surface area (Å²) >= 11 is 0. The first-order chi connectivity index (χ1) is 35.0. The van der Waals surface area contributed by atoms with Crippen molar-refractivity contribution in [2.75, 3.05) is 13.2 Å². The molecule has 0 radical (unpaired) electrons. The number of unbranched alkanes of at least 4 members (excludes halogenated alkanes) is 7. The van der Waals surface area contributed by atoms with Crippen LogP contribution in [0, 0.1) is 0 Å². The Hall–Kier alpha value is -5.49. The fourth-order valence-electron chi connectivity index (χ4n) is 6.49. The zero-order valence-electron chi connectivity index (χ0n) is 44.6. The van der Waals surface area contributed by atoms with Crippen LogP contribution in [0.25, 0.3) is 0 Å². The van der Waals surface area contributed by atoms with E-state index < -0.39 is 12.1 Å². The molecule has 392 valence electrons. The van der Waals surface area contributed by atoms with E-state index in [9.17, 15) is 14.4 Å². The first-order valence-electron chi connectivity index (χ1n) is 27.3. The number of hydrogen-bond acceptors (Lipinski definition) is 6. The standard InChI is InChI=1S/C65H96O6/c1-4-7-10-13-16-19-22-25-28-30-32-34-37-40-43-46-49-52-55-58-64(67)70-61-62(60-69-63(66)57-54-51-48-45-42-39-36-27-24-21-18-15-12-9-6-3)71-65(68)59-56-53-50-47-44-41-38-35-33-31-29-26-23-20-17-14-11-8-5-2/h7-12,15-21,24-26,28-29,32-35,40-41,43-44,49-50,52-53,62H,4-6,13-14,22-23,27,30-31,36-39,42,45-48,51,54-61H2,1-3H3/b10-7-,11-8-,12-9-,18-15-,19-16-,20-17-,24-21-,28-25-,29-26-,34-32-,35-33-,43-40-,44-41-,52-49-,53-50-. The summed E-state index contributed by atoms with van der Waals surface area (Å²) in [5.74, 6) is -1.15. The van der Waals surface area contributed by atoms with Gasteiger partial charge in [0.1, 0.15) is 13.2 Å². The van der Waals surface area contributed by atoms with Gasteiger partial charge in [-0.1, -0.05) is 235 Å². The van der Waals surface area contributed by atoms with Crippen molar-refractivity contribution in [1.29, 1.82) is 0 Å². The molecule has 1 unspecified atom stereocenters. The minimum absolute atomic E-state index is 0.148. The molecule has 0 spiro atoms. The molecule has 71 heavy (non-hydrogen) atoms. The highest BCUT2D eigenvalue weighted by molar-refractivity contribution is 5.71. The second-order valence-corrected chi connectivity index (χ2v) is 17.0. The van der Waals surface area contributed by atoms with E-state index in [0.29, 0.717) is 19.3 Å². The summed E-state index contributed by atoms with van der Waals surface area (Å²) in [6.45, 7) is 6.11. The van der Waals surface area contributed by atoms with Crippen molar-refractivity contribution in [3.63, 3.8) is 0 Å². The number of ether oxygens (including phenoxy) is 3. The van der Waals surface area contributed by atoms with E-state index in [2.05, 4.69) is 179 Å². The van der Waals surface area contributed by atoms with Gasteiger partial charge in [0.2, 0.25) is 0 Å². The van der Waals surface area contributed by atoms with Gasteiger partial charge in [-0.25, -0.2) is 0 Å². The lowest BCUT2D eigenvalue weighted by Crippen LogP contribution is -2.30. The average molecular weight is 973 g/mol. The molecule has 6 heteroatoms. The molecule has 6 nitrogen and oxygen atoms in total. The van der Waals surface area contributed by atoms with Crippen LogP contribution in [0.3, 0.4) is 0 Å². The topological polar surface area (TPSA) is 78.9 Å². The largest absolute Gasteiger partial charge is 0.462 e. The predicted octanol–water partition coefficient (Wildman–Crippen LogP) is 18.5. The monoisotopic (exact) mass is 973 g/mol. The lowest BCUT2D eigenvalue weighted by Gasteiger charge is -2.18. The molecule has 0 bridgehead atoms. The molecule has 0 aliphatic carbocycles. The highest BCUT2D eigenvalue weighted by Gasteiger charge is 2.19. The molecule has 0 saturated carbocycles. The molecule has 0 fully saturated rings. The van der Waals surface area contributed by atoms with Gasteiger partial charge >= 0.3 is 17.9 Å². The molecular weight excluding hydrogens is 877 g/mol. The van der Waals surface area contributed by atoms with Crippen molar-refractivity contribution in [1.82, 2.24) is 0 Å². The smallest absolute Gasteiger partial charge is 0.306 e. The Bertz CT molecular complexity index is 1730. The number of carbonyl (C=O) groups excluding carboxylic acids is 3. The zero-order chi connectivity index (χ0) is 51.4. The van der Waals surface area contributed by atoms with Crippen LogP contribution in [0.4, 0.5) is 0 Å². The summed E-state index contributed by atoms with van der Waals surface area (Å²) in [5, 5.41) is 0. The Kier molecular flexibility index (Phi) is 52.7. The lowest BCUT2D eigenvalue weighted by molar-refractivity contribution is -0.166. The van der Waals surface area contributed by atoms with E-state index >= 15 is 0 Å². The van der Waals surface area contributed by atoms with E-state index in [-0.39, 0.29) is 38.0 Å². The summed E-state index contributed by atoms with van der Waals surface area (Å²) in [4.78, 5) is 38.1. The van der Waals surface area contributed by atoms with Crippen LogP contribution in [0.2, 0.25) is 0 Å². The first kappa shape index (κ1) is 65.5. The fraction of sp³-hybridized carbons (Fsp3) is 0.492. The maximum absolute atomic E-state index is 12.8. The summed E-state index contributed by atoms with van der Waals surface area (Å²) in [7, 11) is 0. The average Bonchev–Trinajstić information content (AvgIpc) is 3.37. The van der Waals surface area contributed by atoms with Gasteiger partial charge < -0.3 is 14.2 Å². The summed E-state index contributed by atoms with van der Waals surface area (Å²) in [5.41, 5.74) is 0. The second-order valence-electron chi connectivity index (χ2n) is 17.0. The lowest BCUT2D eigenvalue weighted by atomic mass is 10.1. The van der Waals surface area contributed by atoms with Crippen molar-refractivity contribution in [2.45, 2.75) is 194 Å². The Balaban J connectivity index is 4.68. The number of rotatable bonds is 46. The van der Waals surface area contributed by atoms with Crippen molar-refractivity contribution in [3.8, 4) is 0 Å². The van der Waals surface area contributed by atoms with Gasteiger partial charge in [0.05, 0.1) is 0 Å². The third kappa shape index (κ3) is 55.3. The maximum atomic E-state index is 12.8. The van der Waals surface area contributed by atoms with Gasteiger partial charge in [-0.15, -0.1) is 0 Å². The van der Waals surface area contributed by atoms with Crippen LogP contribution < -0.4 is 0 Å². The highest BCUT2D eigenvalue weighted by Crippen LogP contribution is 2.12. The molecule has 0 rings (SSSR count). The minimum atomic E-state index is -0.865. The molecule has 0 aliphatic rings. The number of esters is 3. The maximum Gasteiger partial charge on any atom is 0.306 e. The van der Waals surface area contributed by atoms with Gasteiger partial charge in [-0.05, 0) is 116 Å². The number of hydrogen-bond donors (Lipinski definition) is 0. The summed E-state index contributed by atoms with van der Waals surface area (Å²) in [6, 6.07) is 0. The zero-order valence-corrected chi connectivity index (χ0v) is 44.6. The quantitative estimate of drug-likeness (QED) is 0.0199. The predicted molar refractivity (Wildman–Crippen MR) is 306 cm³/mol. The summed E-state index contributed by atoms with van der Waals surface area (Å²) in [6.07, 6.45) is 86.1. The highest BCUT2D eigenvalue weighted by atomic mass is 16.6. The van der Waals surface area contributed by atoms with E-state index in [4.69, 9.17) is 14.2 Å². The van der Waals surface area contributed by atoms with Gasteiger partial charge in [0, 0.05) is 19.3 Å². The van der Waals surface area contributed by atoms with Crippen molar-refractivity contribution in [2.24, 2.45) is 0 Å². The van der Waals surface area contributed by atoms with E-state index in [0.717, 1.165) is 116 Å². The van der Waals surface area contributed by atoms with E-state index in [1.807, 2.05) is 24.3 Å². The van der Waals surface area contributed by atoms with Gasteiger partial charge in [0.25, 0.3) is 0 Å². The van der Waals surface area contributed by atoms with Crippen molar-refractivity contribution < 1.29 is 28.6 Å². The van der Waals surface area contributed by atoms with E-state index in [1.54, 1.807) is 0 Å². The van der Waals surface area contributed by atoms with Gasteiger partial charge in [0.15, 0.2) is 6.10 Å². The normalized spacial score (nSPS) is 13.6. The molecule has 0 aliphatic heterocycles. The Morgan fingerprint density at radius 2 is 0.606 bits per heavy atom. The summed E-state index contributed by atoms with van der Waals surface area (Å²) < 4.78 is 16.7. The Morgan fingerprint density at radius 3 is 1.00 bits per heavy atom. The SMILES string of the molecule is CC\C=C/C=C\C=C/CCCCCCCCCC(=O)OCC(COC(=O)CC/C=C\C/C=C\C/C=C\C/C=C\C/C=C\C/C=C\CC)OC(=O)CC/C=C\C/C=C\C/C=C\C/C=C\C/C=C\C/C=C\CC. The van der Waals surface area contributed by atoms with Crippen LogP contribution in [-0.4, -0.2) is 37.2 Å². The minimum Gasteiger partial charge on any atom is -0.462 e. The first-order valence-corrected chi connectivity index (χ1v) is 27.3. The van der Waals surface area contributed by atoms with Crippen LogP contribution in [0.5, 0.6) is 0 Å². The van der Waals surface area contributed by atoms with E-state index in [1.165, 1.54) is 19.3 Å². The molecule has 0 heterocycles. The molecule has 1 atom stereocenters. The van der Waals surface area contributed by atoms with Crippen LogP contribution in [0.15, 0.2) is 182 Å². The van der Waals surface area contributed by atoms with Crippen LogP contribution in [-0.2, 0) is 28.6 Å². The molecular formula is C65H96O6. The van der Waals surface area contributed by atoms with Gasteiger partial charge in [-0.3, -0.25) is 14.4 Å². The number of carbonyl (C=O) groups is 3. The van der Waals surface area contributed by atoms with Crippen molar-refractivity contribution >= 4 is 17.9 Å². The Labute approximate surface area is 434 Å². The molecule has 0 saturated heterocycles. The number of allylic oxidation sites excluding steroid dienone is 30. The molecule has 0 aromatic rings. The van der Waals surface area contributed by atoms with Crippen LogP contribution >= 0.6 is 0 Å². The van der Waals surface area contributed by atoms with Crippen molar-refractivity contribution in [3.05, 3.63) is 182 Å². The molecule has 0 aromatic heterocycles. The third-order valence-electron chi connectivity index (χ3n) is 10.5. The molecule has 0 aromatic carbocycles. The Morgan fingerprint density at radius 1 is 0.296 bits per heavy atom. The fourth-order valence-corrected chi connectivity index (χ4v) is 6.49. The molecule has 0 amide bonds.